The van der Waals surface area contributed by atoms with Gasteiger partial charge in [0.25, 0.3) is 0 Å². The van der Waals surface area contributed by atoms with Crippen LogP contribution < -0.4 is 0 Å². The van der Waals surface area contributed by atoms with Crippen molar-refractivity contribution in [3.63, 3.8) is 0 Å². The summed E-state index contributed by atoms with van der Waals surface area (Å²) in [5, 5.41) is 0. The quantitative estimate of drug-likeness (QED) is 0.0740. The van der Waals surface area contributed by atoms with Crippen LogP contribution in [0.3, 0.4) is 0 Å². The molecule has 0 fully saturated rings. The molecule has 0 aromatic carbocycles. The minimum Gasteiger partial charge on any atom is -0.458 e. The summed E-state index contributed by atoms with van der Waals surface area (Å²) in [6.07, 6.45) is 24.2. The molecule has 2 nitrogen and oxygen atoms in total. The Morgan fingerprint density at radius 3 is 1.33 bits per heavy atom. The molecule has 0 aromatic rings. The van der Waals surface area contributed by atoms with Crippen molar-refractivity contribution in [3.05, 3.63) is 0 Å². The Labute approximate surface area is 243 Å². The Kier molecular flexibility index (Phi) is 23.6. The molecule has 0 aromatic heterocycles. The van der Waals surface area contributed by atoms with E-state index in [9.17, 15) is 13.6 Å². The van der Waals surface area contributed by atoms with E-state index in [0.29, 0.717) is 25.2 Å². The van der Waals surface area contributed by atoms with Crippen molar-refractivity contribution in [1.82, 2.24) is 0 Å². The molecule has 0 heterocycles. The number of ether oxygens (including phenoxy) is 1. The fourth-order valence-electron chi connectivity index (χ4n) is 5.65. The van der Waals surface area contributed by atoms with Gasteiger partial charge in [0.1, 0.15) is 6.10 Å². The van der Waals surface area contributed by atoms with E-state index in [1.165, 1.54) is 89.9 Å². The second-order valence-electron chi connectivity index (χ2n) is 13.4. The predicted molar refractivity (Wildman–Crippen MR) is 166 cm³/mol. The molecule has 0 radical (unpaired) electrons. The zero-order chi connectivity index (χ0) is 29.4. The molecule has 0 N–H and O–H groups in total. The first-order valence-electron chi connectivity index (χ1n) is 17.2. The van der Waals surface area contributed by atoms with Crippen LogP contribution in [0.25, 0.3) is 0 Å². The average molecular weight is 559 g/mol. The summed E-state index contributed by atoms with van der Waals surface area (Å²) in [5.41, 5.74) is 0.186. The Morgan fingerprint density at radius 2 is 0.923 bits per heavy atom. The normalized spacial score (nSPS) is 13.3. The summed E-state index contributed by atoms with van der Waals surface area (Å²) in [6, 6.07) is 0. The van der Waals surface area contributed by atoms with Crippen LogP contribution >= 0.6 is 0 Å². The van der Waals surface area contributed by atoms with Gasteiger partial charge in [0, 0.05) is 6.42 Å². The number of hydrogen-bond acceptors (Lipinski definition) is 2. The number of halogens is 2. The summed E-state index contributed by atoms with van der Waals surface area (Å²) >= 11 is 0. The van der Waals surface area contributed by atoms with Crippen molar-refractivity contribution in [3.8, 4) is 0 Å². The van der Waals surface area contributed by atoms with Crippen LogP contribution in [0.2, 0.25) is 0 Å². The maximum Gasteiger partial charge on any atom is 0.377 e. The first-order chi connectivity index (χ1) is 18.6. The molecule has 0 aliphatic carbocycles. The van der Waals surface area contributed by atoms with Gasteiger partial charge in [-0.05, 0) is 56.3 Å². The lowest BCUT2D eigenvalue weighted by molar-refractivity contribution is -0.179. The van der Waals surface area contributed by atoms with E-state index in [1.54, 1.807) is 0 Å². The van der Waals surface area contributed by atoms with Gasteiger partial charge in [-0.2, -0.15) is 8.78 Å². The van der Waals surface area contributed by atoms with Crippen molar-refractivity contribution in [1.29, 1.82) is 0 Å². The maximum atomic E-state index is 14.8. The van der Waals surface area contributed by atoms with E-state index in [0.717, 1.165) is 38.5 Å². The van der Waals surface area contributed by atoms with Crippen molar-refractivity contribution in [2.45, 2.75) is 208 Å². The van der Waals surface area contributed by atoms with Crippen LogP contribution in [0.5, 0.6) is 0 Å². The van der Waals surface area contributed by atoms with E-state index < -0.39 is 11.9 Å². The molecule has 0 saturated carbocycles. The number of carbonyl (C=O) groups excluding carboxylic acids is 1. The molecule has 0 bridgehead atoms. The number of carbonyl (C=O) groups is 1. The Hall–Kier alpha value is -0.670. The van der Waals surface area contributed by atoms with Crippen molar-refractivity contribution in [2.24, 2.45) is 11.3 Å². The highest BCUT2D eigenvalue weighted by molar-refractivity contribution is 5.77. The van der Waals surface area contributed by atoms with Gasteiger partial charge >= 0.3 is 11.9 Å². The van der Waals surface area contributed by atoms with Crippen LogP contribution in [-0.2, 0) is 9.53 Å². The minimum absolute atomic E-state index is 0.186. The minimum atomic E-state index is -3.38. The highest BCUT2D eigenvalue weighted by atomic mass is 19.3. The average Bonchev–Trinajstić information content (AvgIpc) is 2.88. The van der Waals surface area contributed by atoms with Crippen LogP contribution in [0, 0.1) is 11.3 Å². The third-order valence-electron chi connectivity index (χ3n) is 8.51. The molecule has 4 heteroatoms. The summed E-state index contributed by atoms with van der Waals surface area (Å²) in [4.78, 5) is 12.5. The molecule has 234 valence electrons. The summed E-state index contributed by atoms with van der Waals surface area (Å²) in [6.45, 7) is 13.4. The van der Waals surface area contributed by atoms with E-state index >= 15 is 0 Å². The number of unbranched alkanes of at least 4 members (excludes halogenated alkanes) is 15. The lowest BCUT2D eigenvalue weighted by Gasteiger charge is -2.31. The molecular weight excluding hydrogens is 490 g/mol. The van der Waals surface area contributed by atoms with Gasteiger partial charge in [0.15, 0.2) is 0 Å². The van der Waals surface area contributed by atoms with Crippen LogP contribution in [-0.4, -0.2) is 18.0 Å². The van der Waals surface area contributed by atoms with Crippen molar-refractivity contribution in [2.75, 3.05) is 0 Å². The fraction of sp³-hybridized carbons (Fsp3) is 0.971. The zero-order valence-corrected chi connectivity index (χ0v) is 27.2. The van der Waals surface area contributed by atoms with Gasteiger partial charge in [0.2, 0.25) is 0 Å². The molecular formula is C35H68F2O2. The molecule has 0 spiro atoms. The molecule has 1 atom stereocenters. The monoisotopic (exact) mass is 559 g/mol. The topological polar surface area (TPSA) is 26.3 Å². The first kappa shape index (κ1) is 38.3. The first-order valence-corrected chi connectivity index (χ1v) is 17.2. The van der Waals surface area contributed by atoms with Gasteiger partial charge in [-0.1, -0.05) is 144 Å². The molecule has 0 saturated heterocycles. The van der Waals surface area contributed by atoms with Gasteiger partial charge in [-0.15, -0.1) is 0 Å². The summed E-state index contributed by atoms with van der Waals surface area (Å²) in [7, 11) is 0. The molecule has 39 heavy (non-hydrogen) atoms. The number of rotatable bonds is 27. The summed E-state index contributed by atoms with van der Waals surface area (Å²) < 4.78 is 35.1. The third-order valence-corrected chi connectivity index (χ3v) is 8.51. The maximum absolute atomic E-state index is 14.8. The highest BCUT2D eigenvalue weighted by Crippen LogP contribution is 2.35. The SMILES string of the molecule is CCCCCCCCCC(CCCCC(F)(F)C(=O)OC(CCCCCCC)CCCCCCC)C(C)(C)C. The van der Waals surface area contributed by atoms with Crippen LogP contribution in [0.15, 0.2) is 0 Å². The second-order valence-corrected chi connectivity index (χ2v) is 13.4. The van der Waals surface area contributed by atoms with Gasteiger partial charge in [-0.3, -0.25) is 0 Å². The number of esters is 1. The van der Waals surface area contributed by atoms with Crippen LogP contribution in [0.4, 0.5) is 8.78 Å². The smallest absolute Gasteiger partial charge is 0.377 e. The standard InChI is InChI=1S/C35H68F2O2/c1-7-10-13-16-17-20-21-26-31(34(4,5)6)27-24-25-30-35(36,37)33(38)39-32(28-22-18-14-11-8-2)29-23-19-15-12-9-3/h31-32H,7-30H2,1-6H3. The lowest BCUT2D eigenvalue weighted by atomic mass is 9.75. The number of alkyl halides is 2. The van der Waals surface area contributed by atoms with Gasteiger partial charge in [0.05, 0.1) is 0 Å². The predicted octanol–water partition coefficient (Wildman–Crippen LogP) is 12.6. The van der Waals surface area contributed by atoms with E-state index in [-0.39, 0.29) is 17.9 Å². The fourth-order valence-corrected chi connectivity index (χ4v) is 5.65. The second kappa shape index (κ2) is 24.0. The van der Waals surface area contributed by atoms with Crippen molar-refractivity contribution >= 4 is 5.97 Å². The molecule has 0 aliphatic heterocycles. The highest BCUT2D eigenvalue weighted by Gasteiger charge is 2.41. The third kappa shape index (κ3) is 21.7. The van der Waals surface area contributed by atoms with E-state index in [2.05, 4.69) is 41.5 Å². The summed E-state index contributed by atoms with van der Waals surface area (Å²) in [5.74, 6) is -4.12. The van der Waals surface area contributed by atoms with Crippen molar-refractivity contribution < 1.29 is 18.3 Å². The lowest BCUT2D eigenvalue weighted by Crippen LogP contribution is -2.34. The van der Waals surface area contributed by atoms with Crippen LogP contribution in [0.1, 0.15) is 196 Å². The molecule has 0 amide bonds. The largest absolute Gasteiger partial charge is 0.458 e. The Morgan fingerprint density at radius 1 is 0.564 bits per heavy atom. The molecule has 0 rings (SSSR count). The van der Waals surface area contributed by atoms with Gasteiger partial charge in [-0.25, -0.2) is 4.79 Å². The van der Waals surface area contributed by atoms with Gasteiger partial charge < -0.3 is 4.74 Å². The van der Waals surface area contributed by atoms with E-state index in [1.807, 2.05) is 0 Å². The Balaban J connectivity index is 4.58. The molecule has 1 unspecified atom stereocenters. The molecule has 0 aliphatic rings. The zero-order valence-electron chi connectivity index (χ0n) is 27.2. The van der Waals surface area contributed by atoms with E-state index in [4.69, 9.17) is 4.74 Å². The Bertz CT molecular complexity index is 541. The number of hydrogen-bond donors (Lipinski definition) is 0.